The summed E-state index contributed by atoms with van der Waals surface area (Å²) >= 11 is 1.71. The lowest BCUT2D eigenvalue weighted by atomic mass is 9.89. The largest absolute Gasteiger partial charge is 0.494 e. The fourth-order valence-corrected chi connectivity index (χ4v) is 5.45. The minimum absolute atomic E-state index is 0.0109. The zero-order valence-electron chi connectivity index (χ0n) is 17.6. The number of aryl methyl sites for hydroxylation is 1. The van der Waals surface area contributed by atoms with Gasteiger partial charge in [0.2, 0.25) is 0 Å². The van der Waals surface area contributed by atoms with Crippen molar-refractivity contribution in [3.05, 3.63) is 56.4 Å². The van der Waals surface area contributed by atoms with Crippen LogP contribution in [0, 0.1) is 5.92 Å². The van der Waals surface area contributed by atoms with Gasteiger partial charge >= 0.3 is 0 Å². The summed E-state index contributed by atoms with van der Waals surface area (Å²) in [7, 11) is 2.06. The number of thiophene rings is 1. The smallest absolute Gasteiger partial charge is 0.259 e. The van der Waals surface area contributed by atoms with E-state index in [2.05, 4.69) is 42.9 Å². The first-order valence-electron chi connectivity index (χ1n) is 10.4. The maximum absolute atomic E-state index is 12.9. The van der Waals surface area contributed by atoms with E-state index in [1.807, 2.05) is 19.1 Å². The number of fused-ring (bicyclic) bond motifs is 3. The van der Waals surface area contributed by atoms with Gasteiger partial charge in [0.1, 0.15) is 16.4 Å². The van der Waals surface area contributed by atoms with E-state index in [0.717, 1.165) is 47.6 Å². The van der Waals surface area contributed by atoms with Gasteiger partial charge in [0.05, 0.1) is 18.0 Å². The molecule has 4 rings (SSSR count). The number of hydrogen-bond donors (Lipinski definition) is 1. The third-order valence-electron chi connectivity index (χ3n) is 5.91. The standard InChI is InChI=1S/C23H29N3O2S/c1-5-28-17-9-7-16(8-10-17)13-26(4)15(3)21-24-22(27)20-18-11-6-14(2)12-19(18)29-23(20)25-21/h7-10,14-15H,5-6,11-13H2,1-4H3,(H,24,25,27)/t14-,15+/m1/s1. The Kier molecular flexibility index (Phi) is 5.74. The SMILES string of the molecule is CCOc1ccc(CN(C)[C@@H](C)c2nc3sc4c(c3c(=O)[nH]2)CC[C@@H](C)C4)cc1. The lowest BCUT2D eigenvalue weighted by Crippen LogP contribution is -2.26. The van der Waals surface area contributed by atoms with Gasteiger partial charge in [-0.2, -0.15) is 0 Å². The molecule has 1 N–H and O–H groups in total. The summed E-state index contributed by atoms with van der Waals surface area (Å²) < 4.78 is 5.52. The van der Waals surface area contributed by atoms with Gasteiger partial charge in [-0.05, 0) is 69.3 Å². The number of aromatic amines is 1. The van der Waals surface area contributed by atoms with E-state index < -0.39 is 0 Å². The van der Waals surface area contributed by atoms with E-state index in [4.69, 9.17) is 9.72 Å². The maximum atomic E-state index is 12.9. The Hall–Kier alpha value is -2.18. The van der Waals surface area contributed by atoms with Crippen LogP contribution in [0.1, 0.15) is 55.1 Å². The Morgan fingerprint density at radius 2 is 2.10 bits per heavy atom. The van der Waals surface area contributed by atoms with Gasteiger partial charge in [0.25, 0.3) is 5.56 Å². The van der Waals surface area contributed by atoms with Crippen molar-refractivity contribution in [1.82, 2.24) is 14.9 Å². The summed E-state index contributed by atoms with van der Waals surface area (Å²) in [6.07, 6.45) is 3.22. The molecular formula is C23H29N3O2S. The van der Waals surface area contributed by atoms with Crippen LogP contribution in [-0.2, 0) is 19.4 Å². The van der Waals surface area contributed by atoms with Crippen LogP contribution in [-0.4, -0.2) is 28.5 Å². The Balaban J connectivity index is 1.56. The number of nitrogens with one attached hydrogen (secondary N) is 1. The molecule has 2 atom stereocenters. The van der Waals surface area contributed by atoms with Gasteiger partial charge in [-0.15, -0.1) is 11.3 Å². The van der Waals surface area contributed by atoms with Crippen LogP contribution in [0.15, 0.2) is 29.1 Å². The molecule has 0 amide bonds. The molecule has 5 nitrogen and oxygen atoms in total. The van der Waals surface area contributed by atoms with Gasteiger partial charge in [0, 0.05) is 11.4 Å². The second-order valence-corrected chi connectivity index (χ2v) is 9.23. The monoisotopic (exact) mass is 411 g/mol. The first-order chi connectivity index (χ1) is 14.0. The van der Waals surface area contributed by atoms with Gasteiger partial charge in [0.15, 0.2) is 0 Å². The average molecular weight is 412 g/mol. The summed E-state index contributed by atoms with van der Waals surface area (Å²) in [6, 6.07) is 8.18. The van der Waals surface area contributed by atoms with E-state index in [1.54, 1.807) is 11.3 Å². The van der Waals surface area contributed by atoms with Crippen LogP contribution < -0.4 is 10.3 Å². The second-order valence-electron chi connectivity index (χ2n) is 8.15. The molecule has 2 heterocycles. The molecule has 0 radical (unpaired) electrons. The molecule has 1 aliphatic carbocycles. The summed E-state index contributed by atoms with van der Waals surface area (Å²) in [5.74, 6) is 2.32. The highest BCUT2D eigenvalue weighted by molar-refractivity contribution is 7.18. The minimum atomic E-state index is 0.0109. The van der Waals surface area contributed by atoms with Crippen molar-refractivity contribution in [1.29, 1.82) is 0 Å². The Morgan fingerprint density at radius 3 is 2.83 bits per heavy atom. The van der Waals surface area contributed by atoms with Crippen LogP contribution in [0.25, 0.3) is 10.2 Å². The lowest BCUT2D eigenvalue weighted by molar-refractivity contribution is 0.244. The number of benzene rings is 1. The molecule has 3 aromatic rings. The molecule has 0 aliphatic heterocycles. The van der Waals surface area contributed by atoms with E-state index in [9.17, 15) is 4.79 Å². The minimum Gasteiger partial charge on any atom is -0.494 e. The van der Waals surface area contributed by atoms with Crippen LogP contribution in [0.2, 0.25) is 0 Å². The van der Waals surface area contributed by atoms with E-state index >= 15 is 0 Å². The van der Waals surface area contributed by atoms with Crippen LogP contribution in [0.4, 0.5) is 0 Å². The predicted octanol–water partition coefficient (Wildman–Crippen LogP) is 4.70. The third-order valence-corrected chi connectivity index (χ3v) is 7.06. The topological polar surface area (TPSA) is 58.2 Å². The first kappa shape index (κ1) is 20.1. The van der Waals surface area contributed by atoms with E-state index in [0.29, 0.717) is 12.5 Å². The van der Waals surface area contributed by atoms with Crippen molar-refractivity contribution < 1.29 is 4.74 Å². The number of rotatable bonds is 6. The Bertz CT molecular complexity index is 1050. The molecule has 6 heteroatoms. The van der Waals surface area contributed by atoms with Crippen molar-refractivity contribution in [3.8, 4) is 5.75 Å². The highest BCUT2D eigenvalue weighted by Gasteiger charge is 2.24. The zero-order chi connectivity index (χ0) is 20.5. The van der Waals surface area contributed by atoms with E-state index in [1.165, 1.54) is 16.0 Å². The van der Waals surface area contributed by atoms with Crippen molar-refractivity contribution >= 4 is 21.6 Å². The Labute approximate surface area is 175 Å². The summed E-state index contributed by atoms with van der Waals surface area (Å²) in [5.41, 5.74) is 2.45. The van der Waals surface area contributed by atoms with Crippen molar-refractivity contribution in [2.24, 2.45) is 5.92 Å². The highest BCUT2D eigenvalue weighted by Crippen LogP contribution is 2.36. The number of nitrogens with zero attached hydrogens (tertiary/aromatic N) is 2. The lowest BCUT2D eigenvalue weighted by Gasteiger charge is -2.24. The van der Waals surface area contributed by atoms with Crippen molar-refractivity contribution in [2.45, 2.75) is 52.6 Å². The highest BCUT2D eigenvalue weighted by atomic mass is 32.1. The van der Waals surface area contributed by atoms with Crippen LogP contribution >= 0.6 is 11.3 Å². The molecule has 0 unspecified atom stereocenters. The molecule has 0 spiro atoms. The molecule has 0 saturated heterocycles. The summed E-state index contributed by atoms with van der Waals surface area (Å²) in [6.45, 7) is 7.80. The van der Waals surface area contributed by atoms with Gasteiger partial charge in [-0.3, -0.25) is 9.69 Å². The number of ether oxygens (including phenoxy) is 1. The maximum Gasteiger partial charge on any atom is 0.259 e. The Morgan fingerprint density at radius 1 is 1.34 bits per heavy atom. The molecule has 1 aliphatic rings. The normalized spacial score (nSPS) is 17.5. The molecule has 2 aromatic heterocycles. The summed E-state index contributed by atoms with van der Waals surface area (Å²) in [4.78, 5) is 25.3. The quantitative estimate of drug-likeness (QED) is 0.639. The first-order valence-corrected chi connectivity index (χ1v) is 11.2. The van der Waals surface area contributed by atoms with Gasteiger partial charge < -0.3 is 9.72 Å². The molecule has 0 bridgehead atoms. The predicted molar refractivity (Wildman–Crippen MR) is 119 cm³/mol. The molecule has 1 aromatic carbocycles. The fraction of sp³-hybridized carbons (Fsp3) is 0.478. The third kappa shape index (κ3) is 4.09. The average Bonchev–Trinajstić information content (AvgIpc) is 3.06. The summed E-state index contributed by atoms with van der Waals surface area (Å²) in [5, 5.41) is 0.821. The van der Waals surface area contributed by atoms with Gasteiger partial charge in [-0.25, -0.2) is 4.98 Å². The molecule has 154 valence electrons. The molecule has 29 heavy (non-hydrogen) atoms. The van der Waals surface area contributed by atoms with Crippen LogP contribution in [0.5, 0.6) is 5.75 Å². The molecule has 0 saturated carbocycles. The number of aromatic nitrogens is 2. The number of hydrogen-bond acceptors (Lipinski definition) is 5. The van der Waals surface area contributed by atoms with Crippen LogP contribution in [0.3, 0.4) is 0 Å². The van der Waals surface area contributed by atoms with E-state index in [-0.39, 0.29) is 11.6 Å². The van der Waals surface area contributed by atoms with Crippen molar-refractivity contribution in [3.63, 3.8) is 0 Å². The zero-order valence-corrected chi connectivity index (χ0v) is 18.4. The van der Waals surface area contributed by atoms with Crippen molar-refractivity contribution in [2.75, 3.05) is 13.7 Å². The van der Waals surface area contributed by atoms with Gasteiger partial charge in [-0.1, -0.05) is 19.1 Å². The second kappa shape index (κ2) is 8.28. The fourth-order valence-electron chi connectivity index (χ4n) is 4.05. The number of H-pyrrole nitrogens is 1. The molecular weight excluding hydrogens is 382 g/mol. The molecule has 0 fully saturated rings.